The Morgan fingerprint density at radius 3 is 1.94 bits per heavy atom. The van der Waals surface area contributed by atoms with Crippen LogP contribution >= 0.6 is 0 Å². The molecule has 0 fully saturated rings. The van der Waals surface area contributed by atoms with Gasteiger partial charge in [-0.2, -0.15) is 0 Å². The van der Waals surface area contributed by atoms with Crippen molar-refractivity contribution in [3.8, 4) is 22.3 Å². The molecular weight excluding hydrogens is 424 g/mol. The average molecular weight is 445 g/mol. The summed E-state index contributed by atoms with van der Waals surface area (Å²) in [6, 6.07) is 35.4. The van der Waals surface area contributed by atoms with Gasteiger partial charge in [-0.1, -0.05) is 91.0 Å². The predicted molar refractivity (Wildman–Crippen MR) is 144 cm³/mol. The maximum Gasteiger partial charge on any atom is 0.146 e. The van der Waals surface area contributed by atoms with Gasteiger partial charge in [-0.15, -0.1) is 0 Å². The van der Waals surface area contributed by atoms with Crippen LogP contribution < -0.4 is 0 Å². The quantitative estimate of drug-likeness (QED) is 0.217. The SMILES string of the molecule is c1ccc2c(c1)Cc1c-2c2c(c3nc4c5ccccc5c5ccccc5n4c13)-c1ccccc1C2. The first kappa shape index (κ1) is 18.0. The second-order valence-electron chi connectivity index (χ2n) is 9.91. The van der Waals surface area contributed by atoms with Crippen molar-refractivity contribution in [3.63, 3.8) is 0 Å². The molecular formula is C33H20N2. The molecule has 2 aliphatic carbocycles. The van der Waals surface area contributed by atoms with E-state index in [-0.39, 0.29) is 0 Å². The molecule has 0 spiro atoms. The minimum absolute atomic E-state index is 0.959. The molecule has 2 aromatic heterocycles. The second-order valence-corrected chi connectivity index (χ2v) is 9.91. The fourth-order valence-corrected chi connectivity index (χ4v) is 6.85. The Balaban J connectivity index is 1.60. The lowest BCUT2D eigenvalue weighted by Gasteiger charge is -2.13. The van der Waals surface area contributed by atoms with Crippen LogP contribution in [0.2, 0.25) is 0 Å². The van der Waals surface area contributed by atoms with E-state index in [0.29, 0.717) is 0 Å². The molecule has 7 aromatic rings. The fraction of sp³-hybridized carbons (Fsp3) is 0.0606. The Hall–Kier alpha value is -4.43. The standard InChI is InChI=1S/C33H20N2/c1-3-11-21-20(10-1)18-27-29(21)26-17-19-9-2-4-12-22(19)30(26)31-32(27)35-28-16-8-7-14-24(28)23-13-5-6-15-25(23)33(35)34-31/h1-16H,17-18H2. The van der Waals surface area contributed by atoms with Crippen molar-refractivity contribution in [2.45, 2.75) is 12.8 Å². The van der Waals surface area contributed by atoms with Crippen molar-refractivity contribution in [1.82, 2.24) is 9.38 Å². The van der Waals surface area contributed by atoms with Crippen molar-refractivity contribution in [3.05, 3.63) is 119 Å². The fourth-order valence-electron chi connectivity index (χ4n) is 6.85. The van der Waals surface area contributed by atoms with Gasteiger partial charge in [-0.05, 0) is 56.8 Å². The summed E-state index contributed by atoms with van der Waals surface area (Å²) in [5.74, 6) is 0. The molecule has 0 saturated carbocycles. The largest absolute Gasteiger partial charge is 0.291 e. The first-order chi connectivity index (χ1) is 17.4. The summed E-state index contributed by atoms with van der Waals surface area (Å²) < 4.78 is 2.46. The van der Waals surface area contributed by atoms with Gasteiger partial charge in [0.15, 0.2) is 0 Å². The van der Waals surface area contributed by atoms with Gasteiger partial charge >= 0.3 is 0 Å². The summed E-state index contributed by atoms with van der Waals surface area (Å²) in [4.78, 5) is 5.47. The Morgan fingerprint density at radius 1 is 0.543 bits per heavy atom. The van der Waals surface area contributed by atoms with Crippen LogP contribution in [0, 0.1) is 0 Å². The molecule has 0 N–H and O–H groups in total. The molecule has 162 valence electrons. The number of imidazole rings is 1. The van der Waals surface area contributed by atoms with Crippen LogP contribution in [0.25, 0.3) is 60.6 Å². The van der Waals surface area contributed by atoms with E-state index >= 15 is 0 Å². The molecule has 9 rings (SSSR count). The number of hydrogen-bond donors (Lipinski definition) is 0. The van der Waals surface area contributed by atoms with Crippen LogP contribution in [0.5, 0.6) is 0 Å². The summed E-state index contributed by atoms with van der Waals surface area (Å²) in [5, 5.41) is 3.76. The average Bonchev–Trinajstić information content (AvgIpc) is 3.60. The lowest BCUT2D eigenvalue weighted by Crippen LogP contribution is -1.96. The Labute approximate surface area is 202 Å². The summed E-state index contributed by atoms with van der Waals surface area (Å²) in [6.07, 6.45) is 1.94. The number of para-hydroxylation sites is 1. The van der Waals surface area contributed by atoms with Crippen LogP contribution in [0.4, 0.5) is 0 Å². The highest BCUT2D eigenvalue weighted by Crippen LogP contribution is 2.52. The van der Waals surface area contributed by atoms with Crippen molar-refractivity contribution in [2.24, 2.45) is 0 Å². The minimum Gasteiger partial charge on any atom is -0.291 e. The smallest absolute Gasteiger partial charge is 0.146 e. The highest BCUT2D eigenvalue weighted by atomic mass is 15.0. The topological polar surface area (TPSA) is 17.3 Å². The molecule has 2 heterocycles. The Morgan fingerprint density at radius 2 is 1.14 bits per heavy atom. The number of pyridine rings is 1. The van der Waals surface area contributed by atoms with Crippen molar-refractivity contribution in [2.75, 3.05) is 0 Å². The molecule has 2 nitrogen and oxygen atoms in total. The normalized spacial score (nSPS) is 13.5. The molecule has 0 atom stereocenters. The van der Waals surface area contributed by atoms with E-state index in [0.717, 1.165) is 24.0 Å². The number of nitrogens with zero attached hydrogens (tertiary/aromatic N) is 2. The summed E-state index contributed by atoms with van der Waals surface area (Å²) in [7, 11) is 0. The van der Waals surface area contributed by atoms with E-state index in [4.69, 9.17) is 4.98 Å². The molecule has 35 heavy (non-hydrogen) atoms. The molecule has 0 amide bonds. The van der Waals surface area contributed by atoms with E-state index in [1.54, 1.807) is 0 Å². The van der Waals surface area contributed by atoms with Crippen LogP contribution in [0.15, 0.2) is 97.1 Å². The third kappa shape index (κ3) is 2.10. The van der Waals surface area contributed by atoms with Gasteiger partial charge < -0.3 is 0 Å². The van der Waals surface area contributed by atoms with E-state index < -0.39 is 0 Å². The zero-order valence-electron chi connectivity index (χ0n) is 19.0. The number of hydrogen-bond acceptors (Lipinski definition) is 1. The monoisotopic (exact) mass is 444 g/mol. The molecule has 0 radical (unpaired) electrons. The number of rotatable bonds is 0. The van der Waals surface area contributed by atoms with Gasteiger partial charge in [-0.25, -0.2) is 4.98 Å². The van der Waals surface area contributed by atoms with Gasteiger partial charge in [0.25, 0.3) is 0 Å². The Kier molecular flexibility index (Phi) is 3.16. The third-order valence-corrected chi connectivity index (χ3v) is 8.22. The first-order valence-electron chi connectivity index (χ1n) is 12.3. The lowest BCUT2D eigenvalue weighted by atomic mass is 9.93. The van der Waals surface area contributed by atoms with Gasteiger partial charge in [0, 0.05) is 22.8 Å². The highest BCUT2D eigenvalue weighted by Gasteiger charge is 2.34. The lowest BCUT2D eigenvalue weighted by molar-refractivity contribution is 1.22. The van der Waals surface area contributed by atoms with Crippen molar-refractivity contribution in [1.29, 1.82) is 0 Å². The van der Waals surface area contributed by atoms with Gasteiger partial charge in [0.1, 0.15) is 5.65 Å². The summed E-state index contributed by atoms with van der Waals surface area (Å²) >= 11 is 0. The zero-order valence-corrected chi connectivity index (χ0v) is 19.0. The van der Waals surface area contributed by atoms with Crippen LogP contribution in [-0.2, 0) is 12.8 Å². The maximum atomic E-state index is 5.47. The van der Waals surface area contributed by atoms with Crippen LogP contribution in [0.3, 0.4) is 0 Å². The van der Waals surface area contributed by atoms with Gasteiger partial charge in [-0.3, -0.25) is 4.40 Å². The number of aromatic nitrogens is 2. The van der Waals surface area contributed by atoms with Crippen LogP contribution in [-0.4, -0.2) is 9.38 Å². The maximum absolute atomic E-state index is 5.47. The van der Waals surface area contributed by atoms with Crippen LogP contribution in [0.1, 0.15) is 22.3 Å². The summed E-state index contributed by atoms with van der Waals surface area (Å²) in [6.45, 7) is 0. The molecule has 0 aliphatic heterocycles. The van der Waals surface area contributed by atoms with E-state index in [2.05, 4.69) is 101 Å². The number of benzene rings is 5. The first-order valence-corrected chi connectivity index (χ1v) is 12.3. The zero-order chi connectivity index (χ0) is 22.7. The van der Waals surface area contributed by atoms with E-state index in [1.165, 1.54) is 71.7 Å². The molecule has 0 unspecified atom stereocenters. The predicted octanol–water partition coefficient (Wildman–Crippen LogP) is 7.94. The third-order valence-electron chi connectivity index (χ3n) is 8.22. The molecule has 0 bridgehead atoms. The van der Waals surface area contributed by atoms with Crippen molar-refractivity contribution >= 4 is 38.4 Å². The Bertz CT molecular complexity index is 2060. The second kappa shape index (κ2) is 6.17. The van der Waals surface area contributed by atoms with Gasteiger partial charge in [0.05, 0.1) is 16.6 Å². The minimum atomic E-state index is 0.959. The highest BCUT2D eigenvalue weighted by molar-refractivity contribution is 6.16. The molecule has 0 saturated heterocycles. The summed E-state index contributed by atoms with van der Waals surface area (Å²) in [5.41, 5.74) is 16.0. The van der Waals surface area contributed by atoms with Crippen molar-refractivity contribution < 1.29 is 0 Å². The van der Waals surface area contributed by atoms with E-state index in [9.17, 15) is 0 Å². The molecule has 2 aliphatic rings. The molecule has 2 heteroatoms. The molecule has 5 aromatic carbocycles. The van der Waals surface area contributed by atoms with Gasteiger partial charge in [0.2, 0.25) is 0 Å². The van der Waals surface area contributed by atoms with E-state index in [1.807, 2.05) is 0 Å². The number of fused-ring (bicyclic) bond motifs is 17.